The molecule has 1 radical (unpaired) electrons. The molecule has 1 aromatic rings. The molecule has 247 valence electrons. The molecule has 0 fully saturated rings. The molecule has 0 aliphatic carbocycles. The average Bonchev–Trinajstić information content (AvgIpc) is 3.02. The monoisotopic (exact) mass is 649 g/mol. The Morgan fingerprint density at radius 1 is 0.778 bits per heavy atom. The van der Waals surface area contributed by atoms with E-state index in [4.69, 9.17) is 0 Å². The van der Waals surface area contributed by atoms with E-state index in [1.807, 2.05) is 18.2 Å². The fourth-order valence-corrected chi connectivity index (χ4v) is 6.47. The molecule has 2 N–H and O–H groups in total. The van der Waals surface area contributed by atoms with Crippen molar-refractivity contribution in [1.82, 2.24) is 10.6 Å². The smallest absolute Gasteiger partial charge is 0.220 e. The van der Waals surface area contributed by atoms with Crippen LogP contribution < -0.4 is 10.6 Å². The summed E-state index contributed by atoms with van der Waals surface area (Å²) < 4.78 is -0.222. The third kappa shape index (κ3) is 24.2. The molecule has 0 aliphatic rings. The Bertz CT molecular complexity index is 1090. The van der Waals surface area contributed by atoms with Gasteiger partial charge < -0.3 is 10.6 Å². The summed E-state index contributed by atoms with van der Waals surface area (Å²) >= 11 is 0. The SMILES string of the molecule is [CH2][C@@H](NC(=O)CCCc1ccccc1)C(C)(C)SSCCNC(=O)CC/C=C\C/C=C\C/C=C\C/C=C\C/C=C\C/C=C\CC. The van der Waals surface area contributed by atoms with Gasteiger partial charge in [-0.15, -0.1) is 0 Å². The Labute approximate surface area is 282 Å². The van der Waals surface area contributed by atoms with Crippen LogP contribution in [0.15, 0.2) is 103 Å². The Morgan fingerprint density at radius 3 is 1.87 bits per heavy atom. The maximum absolute atomic E-state index is 12.4. The minimum absolute atomic E-state index is 0.0452. The predicted octanol–water partition coefficient (Wildman–Crippen LogP) is 10.1. The Morgan fingerprint density at radius 2 is 1.31 bits per heavy atom. The number of allylic oxidation sites excluding steroid dienone is 12. The first-order valence-corrected chi connectivity index (χ1v) is 18.8. The number of carbonyl (C=O) groups is 2. The van der Waals surface area contributed by atoms with Crippen molar-refractivity contribution >= 4 is 33.4 Å². The predicted molar refractivity (Wildman–Crippen MR) is 201 cm³/mol. The molecule has 0 aromatic heterocycles. The van der Waals surface area contributed by atoms with E-state index in [9.17, 15) is 9.59 Å². The van der Waals surface area contributed by atoms with Gasteiger partial charge in [-0.2, -0.15) is 0 Å². The van der Waals surface area contributed by atoms with E-state index in [1.165, 1.54) is 5.56 Å². The van der Waals surface area contributed by atoms with Gasteiger partial charge in [-0.05, 0) is 84.1 Å². The van der Waals surface area contributed by atoms with Crippen molar-refractivity contribution in [3.63, 3.8) is 0 Å². The largest absolute Gasteiger partial charge is 0.355 e. The summed E-state index contributed by atoms with van der Waals surface area (Å²) in [5, 5.41) is 6.06. The first-order valence-electron chi connectivity index (χ1n) is 16.5. The van der Waals surface area contributed by atoms with Crippen molar-refractivity contribution < 1.29 is 9.59 Å². The molecule has 1 rings (SSSR count). The Hall–Kier alpha value is -2.70. The lowest BCUT2D eigenvalue weighted by molar-refractivity contribution is -0.122. The molecule has 6 heteroatoms. The fourth-order valence-electron chi connectivity index (χ4n) is 3.96. The van der Waals surface area contributed by atoms with Gasteiger partial charge >= 0.3 is 0 Å². The van der Waals surface area contributed by atoms with Gasteiger partial charge in [0.05, 0.1) is 0 Å². The minimum Gasteiger partial charge on any atom is -0.355 e. The molecular formula is C39H57N2O2S2. The summed E-state index contributed by atoms with van der Waals surface area (Å²) in [6.45, 7) is 11.2. The van der Waals surface area contributed by atoms with Gasteiger partial charge in [0.15, 0.2) is 0 Å². The quantitative estimate of drug-likeness (QED) is 0.0629. The maximum atomic E-state index is 12.4. The molecule has 0 saturated carbocycles. The second-order valence-corrected chi connectivity index (χ2v) is 14.3. The topological polar surface area (TPSA) is 58.2 Å². The summed E-state index contributed by atoms with van der Waals surface area (Å²) in [6.07, 6.45) is 35.6. The van der Waals surface area contributed by atoms with Crippen molar-refractivity contribution in [3.8, 4) is 0 Å². The molecule has 1 aromatic carbocycles. The zero-order valence-corrected chi connectivity index (χ0v) is 29.6. The summed E-state index contributed by atoms with van der Waals surface area (Å²) in [6, 6.07) is 10.0. The number of amides is 2. The lowest BCUT2D eigenvalue weighted by Gasteiger charge is -2.31. The summed E-state index contributed by atoms with van der Waals surface area (Å²) in [4.78, 5) is 24.5. The lowest BCUT2D eigenvalue weighted by Crippen LogP contribution is -2.45. The van der Waals surface area contributed by atoms with Crippen LogP contribution in [-0.2, 0) is 16.0 Å². The van der Waals surface area contributed by atoms with Crippen LogP contribution in [0, 0.1) is 6.92 Å². The van der Waals surface area contributed by atoms with E-state index in [0.29, 0.717) is 19.4 Å². The molecule has 0 heterocycles. The van der Waals surface area contributed by atoms with E-state index >= 15 is 0 Å². The lowest BCUT2D eigenvalue weighted by atomic mass is 10.0. The highest BCUT2D eigenvalue weighted by Crippen LogP contribution is 2.37. The molecule has 45 heavy (non-hydrogen) atoms. The second-order valence-electron chi connectivity index (χ2n) is 11.3. The van der Waals surface area contributed by atoms with Crippen LogP contribution in [-0.4, -0.2) is 34.9 Å². The van der Waals surface area contributed by atoms with Gasteiger partial charge in [0, 0.05) is 35.9 Å². The van der Waals surface area contributed by atoms with Gasteiger partial charge in [-0.25, -0.2) is 0 Å². The van der Waals surface area contributed by atoms with E-state index in [1.54, 1.807) is 21.6 Å². The standard InChI is InChI=1S/C39H57N2O2S2/c1-5-6-7-8-9-10-11-12-13-14-15-16-17-18-19-20-21-22-26-31-37(42)40-33-34-44-45-39(3,4)35(2)41-38(43)32-27-30-36-28-24-23-25-29-36/h6-7,9-10,12-13,15-16,18-19,21-25,28-29,35H,2,5,8,11,14,17,20,26-27,30-34H2,1,3-4H3,(H,40,42)(H,41,43)/b7-6-,10-9-,13-12-,16-15-,19-18-,22-21-/t35-/m1/s1. The second kappa shape index (κ2) is 27.6. The van der Waals surface area contributed by atoms with E-state index in [2.05, 4.69) is 123 Å². The molecule has 0 unspecified atom stereocenters. The average molecular weight is 650 g/mol. The van der Waals surface area contributed by atoms with Crippen molar-refractivity contribution in [3.05, 3.63) is 116 Å². The number of carbonyl (C=O) groups excluding carboxylic acids is 2. The fraction of sp³-hybridized carbons (Fsp3) is 0.462. The van der Waals surface area contributed by atoms with Crippen molar-refractivity contribution in [2.24, 2.45) is 0 Å². The molecule has 4 nitrogen and oxygen atoms in total. The van der Waals surface area contributed by atoms with Gasteiger partial charge in [0.1, 0.15) is 0 Å². The van der Waals surface area contributed by atoms with Gasteiger partial charge in [0.25, 0.3) is 0 Å². The van der Waals surface area contributed by atoms with Gasteiger partial charge in [0.2, 0.25) is 11.8 Å². The van der Waals surface area contributed by atoms with Crippen LogP contribution >= 0.6 is 21.6 Å². The first kappa shape index (κ1) is 40.3. The highest BCUT2D eigenvalue weighted by molar-refractivity contribution is 8.77. The van der Waals surface area contributed by atoms with Crippen LogP contribution in [0.3, 0.4) is 0 Å². The van der Waals surface area contributed by atoms with Crippen LogP contribution in [0.4, 0.5) is 0 Å². The molecule has 1 atom stereocenters. The summed E-state index contributed by atoms with van der Waals surface area (Å²) in [5.74, 6) is 0.929. The number of hydrogen-bond donors (Lipinski definition) is 2. The third-order valence-corrected chi connectivity index (χ3v) is 10.1. The van der Waals surface area contributed by atoms with Crippen molar-refractivity contribution in [1.29, 1.82) is 0 Å². The molecule has 0 saturated heterocycles. The number of rotatable bonds is 25. The van der Waals surface area contributed by atoms with Gasteiger partial charge in [-0.3, -0.25) is 9.59 Å². The summed E-state index contributed by atoms with van der Waals surface area (Å²) in [7, 11) is 3.40. The van der Waals surface area contributed by atoms with Crippen molar-refractivity contribution in [2.75, 3.05) is 12.3 Å². The molecular weight excluding hydrogens is 593 g/mol. The van der Waals surface area contributed by atoms with E-state index < -0.39 is 0 Å². The zero-order valence-electron chi connectivity index (χ0n) is 27.9. The van der Waals surface area contributed by atoms with E-state index in [-0.39, 0.29) is 22.6 Å². The Kier molecular flexibility index (Phi) is 24.7. The number of nitrogens with one attached hydrogen (secondary N) is 2. The van der Waals surface area contributed by atoms with Crippen molar-refractivity contribution in [2.45, 2.75) is 102 Å². The Balaban J connectivity index is 2.03. The summed E-state index contributed by atoms with van der Waals surface area (Å²) in [5.41, 5.74) is 1.25. The maximum Gasteiger partial charge on any atom is 0.220 e. The van der Waals surface area contributed by atoms with Crippen LogP contribution in [0.1, 0.15) is 90.5 Å². The molecule has 0 spiro atoms. The molecule has 0 bridgehead atoms. The minimum atomic E-state index is -0.222. The van der Waals surface area contributed by atoms with Crippen LogP contribution in [0.2, 0.25) is 0 Å². The van der Waals surface area contributed by atoms with Crippen LogP contribution in [0.25, 0.3) is 0 Å². The first-order chi connectivity index (χ1) is 21.8. The third-order valence-electron chi connectivity index (χ3n) is 6.80. The highest BCUT2D eigenvalue weighted by Gasteiger charge is 2.28. The zero-order chi connectivity index (χ0) is 32.9. The number of hydrogen-bond acceptors (Lipinski definition) is 4. The molecule has 0 aliphatic heterocycles. The van der Waals surface area contributed by atoms with Gasteiger partial charge in [-0.1, -0.05) is 132 Å². The number of benzene rings is 1. The molecule has 2 amide bonds. The van der Waals surface area contributed by atoms with E-state index in [0.717, 1.165) is 63.5 Å². The number of aryl methyl sites for hydroxylation is 1. The highest BCUT2D eigenvalue weighted by atomic mass is 33.1. The van der Waals surface area contributed by atoms with Crippen LogP contribution in [0.5, 0.6) is 0 Å². The normalized spacial score (nSPS) is 13.3.